The van der Waals surface area contributed by atoms with Gasteiger partial charge in [0.2, 0.25) is 0 Å². The zero-order chi connectivity index (χ0) is 36.3. The highest BCUT2D eigenvalue weighted by molar-refractivity contribution is 6.00. The van der Waals surface area contributed by atoms with Crippen LogP contribution in [0.4, 0.5) is 34.1 Å². The first-order chi connectivity index (χ1) is 26.7. The Hall–Kier alpha value is -6.90. The molecule has 0 radical (unpaired) electrons. The van der Waals surface area contributed by atoms with Crippen LogP contribution in [0, 0.1) is 6.92 Å². The molecule has 2 nitrogen and oxygen atoms in total. The van der Waals surface area contributed by atoms with Crippen molar-refractivity contribution < 1.29 is 0 Å². The molecule has 258 valence electrons. The lowest BCUT2D eigenvalue weighted by Gasteiger charge is -2.27. The summed E-state index contributed by atoms with van der Waals surface area (Å²) in [6, 6.07) is 76.8. The molecule has 0 saturated carbocycles. The SMILES string of the molecule is Cc1ccc(N(c2ccc(-c3ccc(N(c4ccc(Cc5ccccc5)cc4)c4cccc5ccccc45)cc3)cc2)c2cccc3ccccc23)cc1. The molecule has 0 amide bonds. The zero-order valence-corrected chi connectivity index (χ0v) is 30.3. The van der Waals surface area contributed by atoms with E-state index in [0.717, 1.165) is 40.5 Å². The summed E-state index contributed by atoms with van der Waals surface area (Å²) < 4.78 is 0. The van der Waals surface area contributed by atoms with Gasteiger partial charge in [0.25, 0.3) is 0 Å². The number of fused-ring (bicyclic) bond motifs is 2. The minimum atomic E-state index is 0.910. The maximum atomic E-state index is 2.38. The second-order valence-corrected chi connectivity index (χ2v) is 13.9. The Balaban J connectivity index is 1.06. The van der Waals surface area contributed by atoms with Gasteiger partial charge in [-0.05, 0) is 107 Å². The molecular formula is C52H40N2. The summed E-state index contributed by atoms with van der Waals surface area (Å²) in [6.45, 7) is 2.14. The Morgan fingerprint density at radius 2 is 0.685 bits per heavy atom. The minimum Gasteiger partial charge on any atom is -0.310 e. The molecule has 9 rings (SSSR count). The summed E-state index contributed by atoms with van der Waals surface area (Å²) in [7, 11) is 0. The van der Waals surface area contributed by atoms with E-state index in [-0.39, 0.29) is 0 Å². The smallest absolute Gasteiger partial charge is 0.0540 e. The predicted octanol–water partition coefficient (Wildman–Crippen LogP) is 14.5. The van der Waals surface area contributed by atoms with Crippen molar-refractivity contribution in [1.29, 1.82) is 0 Å². The monoisotopic (exact) mass is 692 g/mol. The third-order valence-corrected chi connectivity index (χ3v) is 10.3. The summed E-state index contributed by atoms with van der Waals surface area (Å²) in [4.78, 5) is 4.74. The molecule has 0 unspecified atom stereocenters. The highest BCUT2D eigenvalue weighted by Crippen LogP contribution is 2.42. The summed E-state index contributed by atoms with van der Waals surface area (Å²) in [5.41, 5.74) is 13.0. The van der Waals surface area contributed by atoms with Crippen molar-refractivity contribution in [2.75, 3.05) is 9.80 Å². The number of rotatable bonds is 9. The van der Waals surface area contributed by atoms with Crippen LogP contribution in [0.25, 0.3) is 32.7 Å². The van der Waals surface area contributed by atoms with E-state index in [0.29, 0.717) is 0 Å². The van der Waals surface area contributed by atoms with E-state index in [1.54, 1.807) is 0 Å². The molecule has 9 aromatic carbocycles. The summed E-state index contributed by atoms with van der Waals surface area (Å²) >= 11 is 0. The van der Waals surface area contributed by atoms with E-state index in [9.17, 15) is 0 Å². The van der Waals surface area contributed by atoms with Crippen molar-refractivity contribution in [3.63, 3.8) is 0 Å². The molecule has 0 heterocycles. The maximum Gasteiger partial charge on any atom is 0.0540 e. The van der Waals surface area contributed by atoms with Crippen molar-refractivity contribution >= 4 is 55.7 Å². The van der Waals surface area contributed by atoms with Crippen LogP contribution in [0.3, 0.4) is 0 Å². The van der Waals surface area contributed by atoms with E-state index in [1.807, 2.05) is 0 Å². The topological polar surface area (TPSA) is 6.48 Å². The lowest BCUT2D eigenvalue weighted by Crippen LogP contribution is -2.10. The van der Waals surface area contributed by atoms with E-state index < -0.39 is 0 Å². The largest absolute Gasteiger partial charge is 0.310 e. The minimum absolute atomic E-state index is 0.910. The fraction of sp³-hybridized carbons (Fsp3) is 0.0385. The summed E-state index contributed by atoms with van der Waals surface area (Å²) in [6.07, 6.45) is 0.910. The Bertz CT molecular complexity index is 2650. The molecule has 0 aliphatic rings. The number of benzene rings is 9. The van der Waals surface area contributed by atoms with Crippen LogP contribution >= 0.6 is 0 Å². The van der Waals surface area contributed by atoms with Gasteiger partial charge in [-0.2, -0.15) is 0 Å². The number of aryl methyl sites for hydroxylation is 1. The average Bonchev–Trinajstić information content (AvgIpc) is 3.23. The second-order valence-electron chi connectivity index (χ2n) is 13.9. The summed E-state index contributed by atoms with van der Waals surface area (Å²) in [5.74, 6) is 0. The molecule has 0 fully saturated rings. The van der Waals surface area contributed by atoms with Gasteiger partial charge >= 0.3 is 0 Å². The summed E-state index contributed by atoms with van der Waals surface area (Å²) in [5, 5.41) is 4.89. The standard InChI is InChI=1S/C52H40N2/c1-38-21-29-45(30-22-38)53(51-19-9-15-43-13-5-7-17-49(43)51)47-33-25-41(26-34-47)42-27-35-48(36-28-42)54(52-20-10-16-44-14-6-8-18-50(44)52)46-31-23-40(24-32-46)37-39-11-3-2-4-12-39/h2-36H,37H2,1H3. The highest BCUT2D eigenvalue weighted by Gasteiger charge is 2.17. The van der Waals surface area contributed by atoms with Gasteiger partial charge in [-0.3, -0.25) is 0 Å². The van der Waals surface area contributed by atoms with Crippen LogP contribution in [0.15, 0.2) is 212 Å². The van der Waals surface area contributed by atoms with Gasteiger partial charge in [-0.1, -0.05) is 157 Å². The number of nitrogens with zero attached hydrogens (tertiary/aromatic N) is 2. The van der Waals surface area contributed by atoms with Crippen LogP contribution < -0.4 is 9.80 Å². The second kappa shape index (κ2) is 14.6. The lowest BCUT2D eigenvalue weighted by atomic mass is 10.0. The molecule has 0 aromatic heterocycles. The van der Waals surface area contributed by atoms with E-state index >= 15 is 0 Å². The number of hydrogen-bond acceptors (Lipinski definition) is 2. The molecule has 9 aromatic rings. The molecule has 0 bridgehead atoms. The molecule has 0 atom stereocenters. The van der Waals surface area contributed by atoms with Crippen molar-refractivity contribution in [1.82, 2.24) is 0 Å². The lowest BCUT2D eigenvalue weighted by molar-refractivity contribution is 1.19. The molecule has 0 aliphatic heterocycles. The number of hydrogen-bond donors (Lipinski definition) is 0. The Morgan fingerprint density at radius 3 is 1.17 bits per heavy atom. The van der Waals surface area contributed by atoms with Crippen molar-refractivity contribution in [3.05, 3.63) is 229 Å². The van der Waals surface area contributed by atoms with Crippen molar-refractivity contribution in [2.24, 2.45) is 0 Å². The molecular weight excluding hydrogens is 653 g/mol. The predicted molar refractivity (Wildman–Crippen MR) is 230 cm³/mol. The fourth-order valence-electron chi connectivity index (χ4n) is 7.56. The van der Waals surface area contributed by atoms with Crippen LogP contribution in [0.5, 0.6) is 0 Å². The van der Waals surface area contributed by atoms with Crippen LogP contribution in [0.2, 0.25) is 0 Å². The Morgan fingerprint density at radius 1 is 0.315 bits per heavy atom. The van der Waals surface area contributed by atoms with E-state index in [4.69, 9.17) is 0 Å². The first kappa shape index (κ1) is 33.0. The van der Waals surface area contributed by atoms with Crippen molar-refractivity contribution in [3.8, 4) is 11.1 Å². The Kier molecular flexibility index (Phi) is 8.92. The van der Waals surface area contributed by atoms with Gasteiger partial charge in [0.1, 0.15) is 0 Å². The van der Waals surface area contributed by atoms with Gasteiger partial charge in [0.05, 0.1) is 11.4 Å². The molecule has 0 saturated heterocycles. The van der Waals surface area contributed by atoms with Gasteiger partial charge < -0.3 is 9.80 Å². The molecule has 54 heavy (non-hydrogen) atoms. The van der Waals surface area contributed by atoms with Gasteiger partial charge in [-0.25, -0.2) is 0 Å². The molecule has 2 heteroatoms. The molecule has 0 spiro atoms. The van der Waals surface area contributed by atoms with Gasteiger partial charge in [0, 0.05) is 33.5 Å². The van der Waals surface area contributed by atoms with Crippen molar-refractivity contribution in [2.45, 2.75) is 13.3 Å². The van der Waals surface area contributed by atoms with Crippen LogP contribution in [-0.2, 0) is 6.42 Å². The third kappa shape index (κ3) is 6.62. The average molecular weight is 693 g/mol. The zero-order valence-electron chi connectivity index (χ0n) is 30.3. The van der Waals surface area contributed by atoms with Gasteiger partial charge in [-0.15, -0.1) is 0 Å². The molecule has 0 N–H and O–H groups in total. The Labute approximate surface area is 317 Å². The third-order valence-electron chi connectivity index (χ3n) is 10.3. The molecule has 0 aliphatic carbocycles. The quantitative estimate of drug-likeness (QED) is 0.149. The van der Waals surface area contributed by atoms with Crippen LogP contribution in [-0.4, -0.2) is 0 Å². The normalized spacial score (nSPS) is 11.1. The van der Waals surface area contributed by atoms with Gasteiger partial charge in [0.15, 0.2) is 0 Å². The van der Waals surface area contributed by atoms with Crippen LogP contribution in [0.1, 0.15) is 16.7 Å². The van der Waals surface area contributed by atoms with E-state index in [1.165, 1.54) is 49.4 Å². The first-order valence-corrected chi connectivity index (χ1v) is 18.6. The maximum absolute atomic E-state index is 2.38. The fourth-order valence-corrected chi connectivity index (χ4v) is 7.56. The first-order valence-electron chi connectivity index (χ1n) is 18.6. The van der Waals surface area contributed by atoms with E-state index in [2.05, 4.69) is 229 Å². The number of anilines is 6. The highest BCUT2D eigenvalue weighted by atomic mass is 15.1.